The van der Waals surface area contributed by atoms with Crippen molar-refractivity contribution in [3.63, 3.8) is 0 Å². The van der Waals surface area contributed by atoms with E-state index in [0.717, 1.165) is 4.57 Å². The molecule has 8 heteroatoms. The summed E-state index contributed by atoms with van der Waals surface area (Å²) in [6.45, 7) is 4.71. The van der Waals surface area contributed by atoms with Crippen LogP contribution in [0.5, 0.6) is 0 Å². The van der Waals surface area contributed by atoms with Gasteiger partial charge in [0.25, 0.3) is 5.91 Å². The zero-order valence-corrected chi connectivity index (χ0v) is 9.87. The van der Waals surface area contributed by atoms with Gasteiger partial charge < -0.3 is 13.8 Å². The molecule has 0 radical (unpaired) electrons. The Balaban J connectivity index is 2.51. The lowest BCUT2D eigenvalue weighted by Gasteiger charge is -2.16. The van der Waals surface area contributed by atoms with E-state index in [1.807, 2.05) is 13.8 Å². The molecule has 0 aliphatic carbocycles. The Morgan fingerprint density at radius 1 is 1.33 bits per heavy atom. The highest BCUT2D eigenvalue weighted by molar-refractivity contribution is 5.92. The Hall–Kier alpha value is -2.38. The van der Waals surface area contributed by atoms with E-state index in [2.05, 4.69) is 13.9 Å². The van der Waals surface area contributed by atoms with Gasteiger partial charge in [0.15, 0.2) is 5.69 Å². The first-order valence-corrected chi connectivity index (χ1v) is 5.40. The lowest BCUT2D eigenvalue weighted by molar-refractivity contribution is 0.0767. The fraction of sp³-hybridized carbons (Fsp3) is 0.400. The molecule has 0 bridgehead atoms. The maximum absolute atomic E-state index is 12.0. The maximum Gasteiger partial charge on any atom is 0.442 e. The quantitative estimate of drug-likeness (QED) is 0.698. The normalized spacial score (nSPS) is 10.8. The highest BCUT2D eigenvalue weighted by atomic mass is 16.6. The average molecular weight is 253 g/mol. The average Bonchev–Trinajstić information content (AvgIpc) is 2.74. The van der Waals surface area contributed by atoms with Gasteiger partial charge in [0.2, 0.25) is 0 Å². The molecule has 0 atom stereocenters. The summed E-state index contributed by atoms with van der Waals surface area (Å²) in [6, 6.07) is 0. The van der Waals surface area contributed by atoms with E-state index in [4.69, 9.17) is 0 Å². The zero-order chi connectivity index (χ0) is 13.3. The Morgan fingerprint density at radius 3 is 2.61 bits per heavy atom. The van der Waals surface area contributed by atoms with E-state index >= 15 is 0 Å². The van der Waals surface area contributed by atoms with Crippen LogP contribution in [-0.2, 0) is 0 Å². The van der Waals surface area contributed by atoms with Crippen LogP contribution in [0.3, 0.4) is 0 Å². The van der Waals surface area contributed by atoms with Gasteiger partial charge in [-0.05, 0) is 13.8 Å². The molecular formula is C10H11N3O5. The van der Waals surface area contributed by atoms with Gasteiger partial charge in [-0.25, -0.2) is 9.59 Å². The molecule has 96 valence electrons. The zero-order valence-electron chi connectivity index (χ0n) is 9.87. The van der Waals surface area contributed by atoms with Crippen LogP contribution < -0.4 is 11.3 Å². The number of fused-ring (bicyclic) bond motifs is 1. The van der Waals surface area contributed by atoms with Gasteiger partial charge in [-0.1, -0.05) is 0 Å². The van der Waals surface area contributed by atoms with Gasteiger partial charge >= 0.3 is 17.1 Å². The van der Waals surface area contributed by atoms with Gasteiger partial charge in [-0.2, -0.15) is 4.98 Å². The summed E-state index contributed by atoms with van der Waals surface area (Å²) in [5, 5.41) is 0. The van der Waals surface area contributed by atoms with Crippen LogP contribution in [0, 0.1) is 0 Å². The van der Waals surface area contributed by atoms with E-state index < -0.39 is 11.3 Å². The number of carbonyl (C=O) groups is 1. The summed E-state index contributed by atoms with van der Waals surface area (Å²) >= 11 is 0. The molecule has 18 heavy (non-hydrogen) atoms. The number of nitrogens with zero attached hydrogens (tertiary/aromatic N) is 3. The topological polar surface area (TPSA) is 98.0 Å². The highest BCUT2D eigenvalue weighted by Crippen LogP contribution is 2.05. The minimum atomic E-state index is -1.16. The smallest absolute Gasteiger partial charge is 0.381 e. The van der Waals surface area contributed by atoms with Crippen LogP contribution in [-0.4, -0.2) is 33.5 Å². The van der Waals surface area contributed by atoms with E-state index in [0.29, 0.717) is 13.1 Å². The standard InChI is InChI=1S/C10H11N3O5/c1-3-12(4-2)7(14)6-5-13-10(11-6)17-8(15)9(16)18-13/h5H,3-4H2,1-2H3. The number of hydrogen-bond acceptors (Lipinski definition) is 6. The Labute approximate surface area is 100 Å². The summed E-state index contributed by atoms with van der Waals surface area (Å²) in [6.07, 6.45) is 1.21. The van der Waals surface area contributed by atoms with Crippen LogP contribution in [0.1, 0.15) is 24.3 Å². The molecule has 2 aromatic rings. The summed E-state index contributed by atoms with van der Waals surface area (Å²) in [5.41, 5.74) is -2.26. The minimum Gasteiger partial charge on any atom is -0.381 e. The molecule has 0 aliphatic rings. The molecule has 8 nitrogen and oxygen atoms in total. The molecule has 2 aromatic heterocycles. The van der Waals surface area contributed by atoms with Gasteiger partial charge in [0, 0.05) is 13.1 Å². The second-order valence-corrected chi connectivity index (χ2v) is 3.48. The molecule has 2 heterocycles. The van der Waals surface area contributed by atoms with Gasteiger partial charge in [-0.3, -0.25) is 4.79 Å². The van der Waals surface area contributed by atoms with Crippen molar-refractivity contribution in [2.24, 2.45) is 0 Å². The SMILES string of the molecule is CCN(CC)C(=O)c1cn2oc(=O)c(=O)oc2n1. The van der Waals surface area contributed by atoms with Crippen LogP contribution in [0.15, 0.2) is 24.7 Å². The lowest BCUT2D eigenvalue weighted by atomic mass is 10.4. The first-order valence-electron chi connectivity index (χ1n) is 5.40. The predicted octanol–water partition coefficient (Wildman–Crippen LogP) is -0.277. The number of aromatic nitrogens is 2. The number of hydrogen-bond donors (Lipinski definition) is 0. The molecule has 0 N–H and O–H groups in total. The van der Waals surface area contributed by atoms with Crippen LogP contribution in [0.4, 0.5) is 0 Å². The third-order valence-corrected chi connectivity index (χ3v) is 2.45. The molecule has 0 spiro atoms. The Bertz CT molecular complexity index is 644. The van der Waals surface area contributed by atoms with E-state index in [-0.39, 0.29) is 17.4 Å². The van der Waals surface area contributed by atoms with Crippen molar-refractivity contribution in [3.8, 4) is 0 Å². The van der Waals surface area contributed by atoms with Gasteiger partial charge in [0.05, 0.1) is 6.20 Å². The molecule has 0 unspecified atom stereocenters. The molecular weight excluding hydrogens is 242 g/mol. The Morgan fingerprint density at radius 2 is 2.00 bits per heavy atom. The minimum absolute atomic E-state index is 0.0520. The van der Waals surface area contributed by atoms with Crippen molar-refractivity contribution in [2.75, 3.05) is 13.1 Å². The van der Waals surface area contributed by atoms with E-state index in [9.17, 15) is 14.4 Å². The molecule has 2 rings (SSSR count). The lowest BCUT2D eigenvalue weighted by Crippen LogP contribution is -2.30. The van der Waals surface area contributed by atoms with Crippen molar-refractivity contribution in [3.05, 3.63) is 32.7 Å². The summed E-state index contributed by atoms with van der Waals surface area (Å²) < 4.78 is 10.0. The largest absolute Gasteiger partial charge is 0.442 e. The van der Waals surface area contributed by atoms with Crippen LogP contribution in [0.25, 0.3) is 5.84 Å². The predicted molar refractivity (Wildman–Crippen MR) is 59.5 cm³/mol. The third-order valence-electron chi connectivity index (χ3n) is 2.45. The fourth-order valence-electron chi connectivity index (χ4n) is 1.51. The second kappa shape index (κ2) is 4.47. The first-order chi connectivity index (χ1) is 8.56. The van der Waals surface area contributed by atoms with Crippen molar-refractivity contribution in [2.45, 2.75) is 13.8 Å². The summed E-state index contributed by atoms with van der Waals surface area (Å²) in [7, 11) is 0. The van der Waals surface area contributed by atoms with Crippen molar-refractivity contribution in [1.82, 2.24) is 14.5 Å². The van der Waals surface area contributed by atoms with Crippen molar-refractivity contribution >= 4 is 11.8 Å². The van der Waals surface area contributed by atoms with Crippen LogP contribution in [0.2, 0.25) is 0 Å². The van der Waals surface area contributed by atoms with E-state index in [1.165, 1.54) is 11.1 Å². The van der Waals surface area contributed by atoms with E-state index in [1.54, 1.807) is 0 Å². The fourth-order valence-corrected chi connectivity index (χ4v) is 1.51. The summed E-state index contributed by atoms with van der Waals surface area (Å²) in [4.78, 5) is 39.2. The highest BCUT2D eigenvalue weighted by Gasteiger charge is 2.18. The molecule has 0 saturated carbocycles. The number of carbonyl (C=O) groups excluding carboxylic acids is 1. The monoisotopic (exact) mass is 253 g/mol. The number of amides is 1. The second-order valence-electron chi connectivity index (χ2n) is 3.48. The van der Waals surface area contributed by atoms with Gasteiger partial charge in [0.1, 0.15) is 0 Å². The summed E-state index contributed by atoms with van der Waals surface area (Å²) in [5.74, 6) is -0.552. The third kappa shape index (κ3) is 1.92. The molecule has 0 aliphatic heterocycles. The first kappa shape index (κ1) is 12.1. The van der Waals surface area contributed by atoms with Crippen molar-refractivity contribution in [1.29, 1.82) is 0 Å². The molecule has 0 saturated heterocycles. The molecule has 0 fully saturated rings. The molecule has 1 amide bonds. The molecule has 0 aromatic carbocycles. The van der Waals surface area contributed by atoms with Crippen molar-refractivity contribution < 1.29 is 13.7 Å². The number of imidazole rings is 1. The maximum atomic E-state index is 12.0. The van der Waals surface area contributed by atoms with Gasteiger partial charge in [-0.15, -0.1) is 4.57 Å². The van der Waals surface area contributed by atoms with Crippen LogP contribution >= 0.6 is 0 Å². The Kier molecular flexibility index (Phi) is 3.00. The number of rotatable bonds is 3.